The lowest BCUT2D eigenvalue weighted by atomic mass is 10.1. The molecule has 0 spiro atoms. The van der Waals surface area contributed by atoms with Gasteiger partial charge in [-0.3, -0.25) is 14.5 Å². The third-order valence-corrected chi connectivity index (χ3v) is 4.41. The lowest BCUT2D eigenvalue weighted by molar-refractivity contribution is -0.148. The van der Waals surface area contributed by atoms with Crippen LogP contribution in [-0.2, 0) is 14.3 Å². The van der Waals surface area contributed by atoms with E-state index in [-0.39, 0.29) is 11.5 Å². The summed E-state index contributed by atoms with van der Waals surface area (Å²) in [4.78, 5) is 37.2. The number of benzene rings is 1. The number of thioether (sulfide) groups is 1. The van der Waals surface area contributed by atoms with Crippen molar-refractivity contribution in [3.63, 3.8) is 0 Å². The van der Waals surface area contributed by atoms with Crippen molar-refractivity contribution in [2.24, 2.45) is 0 Å². The Morgan fingerprint density at radius 2 is 2.08 bits per heavy atom. The van der Waals surface area contributed by atoms with E-state index in [0.29, 0.717) is 17.1 Å². The average Bonchev–Trinajstić information content (AvgIpc) is 2.92. The fourth-order valence-corrected chi connectivity index (χ4v) is 3.15. The van der Waals surface area contributed by atoms with Crippen molar-refractivity contribution in [2.75, 3.05) is 20.8 Å². The molecule has 1 aliphatic heterocycles. The van der Waals surface area contributed by atoms with Crippen molar-refractivity contribution in [1.82, 2.24) is 4.90 Å². The molecule has 0 aromatic heterocycles. The molecule has 2 rings (SSSR count). The van der Waals surface area contributed by atoms with Crippen molar-refractivity contribution in [2.45, 2.75) is 13.0 Å². The minimum atomic E-state index is -1.00. The topological polar surface area (TPSA) is 106 Å². The Hall–Kier alpha value is -2.99. The van der Waals surface area contributed by atoms with Crippen molar-refractivity contribution >= 4 is 35.0 Å². The number of ether oxygens (including phenoxy) is 3. The van der Waals surface area contributed by atoms with Gasteiger partial charge in [-0.15, -0.1) is 0 Å². The van der Waals surface area contributed by atoms with E-state index >= 15 is 0 Å². The Bertz CT molecular complexity index is 814. The molecule has 1 atom stereocenters. The second-order valence-electron chi connectivity index (χ2n) is 5.11. The van der Waals surface area contributed by atoms with E-state index in [9.17, 15) is 14.4 Å². The quantitative estimate of drug-likeness (QED) is 0.549. The van der Waals surface area contributed by atoms with Crippen molar-refractivity contribution in [1.29, 1.82) is 5.26 Å². The maximum Gasteiger partial charge on any atom is 0.328 e. The summed E-state index contributed by atoms with van der Waals surface area (Å²) in [5.74, 6) is -0.467. The highest BCUT2D eigenvalue weighted by atomic mass is 32.2. The lowest BCUT2D eigenvalue weighted by Gasteiger charge is -2.18. The van der Waals surface area contributed by atoms with Crippen LogP contribution in [-0.4, -0.2) is 48.9 Å². The molecular weight excluding hydrogens is 360 g/mol. The standard InChI is InChI=1S/C17H16N2O6S/c1-10(16(21)24-3)19-15(20)14(26-17(19)22)9-11-4-5-12(25-7-6-18)13(8-11)23-2/h4-5,8-10H,7H2,1-3H3/b14-9+/t10-/m1/s1. The Balaban J connectivity index is 2.27. The number of hydrogen-bond acceptors (Lipinski definition) is 8. The van der Waals surface area contributed by atoms with E-state index in [1.165, 1.54) is 27.2 Å². The molecule has 8 nitrogen and oxygen atoms in total. The molecule has 2 amide bonds. The lowest BCUT2D eigenvalue weighted by Crippen LogP contribution is -2.42. The summed E-state index contributed by atoms with van der Waals surface area (Å²) >= 11 is 0.740. The van der Waals surface area contributed by atoms with E-state index in [4.69, 9.17) is 14.7 Å². The fourth-order valence-electron chi connectivity index (χ4n) is 2.24. The van der Waals surface area contributed by atoms with Crippen molar-refractivity contribution < 1.29 is 28.6 Å². The molecule has 0 saturated carbocycles. The van der Waals surface area contributed by atoms with Gasteiger partial charge in [0.05, 0.1) is 19.1 Å². The Labute approximate surface area is 154 Å². The number of rotatable bonds is 6. The number of hydrogen-bond donors (Lipinski definition) is 0. The Morgan fingerprint density at radius 3 is 2.69 bits per heavy atom. The third kappa shape index (κ3) is 3.97. The summed E-state index contributed by atoms with van der Waals surface area (Å²) in [6.07, 6.45) is 1.52. The second-order valence-corrected chi connectivity index (χ2v) is 6.10. The van der Waals surface area contributed by atoms with Gasteiger partial charge in [-0.05, 0) is 42.5 Å². The molecular formula is C17H16N2O6S. The van der Waals surface area contributed by atoms with Crippen LogP contribution in [0.3, 0.4) is 0 Å². The summed E-state index contributed by atoms with van der Waals surface area (Å²) in [7, 11) is 2.64. The number of carbonyl (C=O) groups is 3. The zero-order valence-electron chi connectivity index (χ0n) is 14.3. The second kappa shape index (κ2) is 8.40. The molecule has 0 unspecified atom stereocenters. The highest BCUT2D eigenvalue weighted by Crippen LogP contribution is 2.35. The number of imide groups is 1. The van der Waals surface area contributed by atoms with E-state index in [2.05, 4.69) is 4.74 Å². The minimum Gasteiger partial charge on any atom is -0.493 e. The van der Waals surface area contributed by atoms with Gasteiger partial charge in [0.15, 0.2) is 18.1 Å². The van der Waals surface area contributed by atoms with Gasteiger partial charge in [-0.25, -0.2) is 4.79 Å². The van der Waals surface area contributed by atoms with Gasteiger partial charge in [0.2, 0.25) is 0 Å². The SMILES string of the molecule is COC(=O)[C@@H](C)N1C(=O)S/C(=C/c2ccc(OCC#N)c(OC)c2)C1=O. The highest BCUT2D eigenvalue weighted by molar-refractivity contribution is 8.18. The van der Waals surface area contributed by atoms with Gasteiger partial charge >= 0.3 is 5.97 Å². The number of amides is 2. The van der Waals surface area contributed by atoms with Gasteiger partial charge in [-0.1, -0.05) is 6.07 Å². The molecule has 26 heavy (non-hydrogen) atoms. The van der Waals surface area contributed by atoms with Gasteiger partial charge in [0, 0.05) is 0 Å². The maximum atomic E-state index is 12.5. The van der Waals surface area contributed by atoms with Crippen LogP contribution in [0.5, 0.6) is 11.5 Å². The molecule has 1 heterocycles. The van der Waals surface area contributed by atoms with Crippen molar-refractivity contribution in [3.8, 4) is 17.6 Å². The smallest absolute Gasteiger partial charge is 0.328 e. The molecule has 0 radical (unpaired) electrons. The van der Waals surface area contributed by atoms with Gasteiger partial charge < -0.3 is 14.2 Å². The number of nitriles is 1. The molecule has 1 saturated heterocycles. The van der Waals surface area contributed by atoms with Crippen LogP contribution in [0.4, 0.5) is 4.79 Å². The number of methoxy groups -OCH3 is 2. The van der Waals surface area contributed by atoms with Crippen molar-refractivity contribution in [3.05, 3.63) is 28.7 Å². The molecule has 9 heteroatoms. The molecule has 1 fully saturated rings. The van der Waals surface area contributed by atoms with Gasteiger partial charge in [0.1, 0.15) is 12.1 Å². The summed E-state index contributed by atoms with van der Waals surface area (Å²) in [6.45, 7) is 1.30. The normalized spacial score (nSPS) is 16.4. The molecule has 1 aromatic carbocycles. The third-order valence-electron chi connectivity index (χ3n) is 3.53. The van der Waals surface area contributed by atoms with Crippen LogP contribution >= 0.6 is 11.8 Å². The molecule has 0 N–H and O–H groups in total. The Morgan fingerprint density at radius 1 is 1.35 bits per heavy atom. The van der Waals surface area contributed by atoms with Crippen LogP contribution in [0, 0.1) is 11.3 Å². The minimum absolute atomic E-state index is 0.125. The summed E-state index contributed by atoms with van der Waals surface area (Å²) < 4.78 is 15.0. The monoisotopic (exact) mass is 376 g/mol. The average molecular weight is 376 g/mol. The summed E-state index contributed by atoms with van der Waals surface area (Å²) in [6, 6.07) is 5.73. The van der Waals surface area contributed by atoms with Crippen LogP contribution in [0.1, 0.15) is 12.5 Å². The summed E-state index contributed by atoms with van der Waals surface area (Å²) in [5, 5.41) is 8.04. The molecule has 1 aromatic rings. The number of esters is 1. The van der Waals surface area contributed by atoms with Crippen LogP contribution in [0.2, 0.25) is 0 Å². The van der Waals surface area contributed by atoms with E-state index in [1.54, 1.807) is 18.2 Å². The Kier molecular flexibility index (Phi) is 6.25. The first-order valence-electron chi connectivity index (χ1n) is 7.45. The van der Waals surface area contributed by atoms with Crippen LogP contribution in [0.25, 0.3) is 6.08 Å². The van der Waals surface area contributed by atoms with E-state index in [1.807, 2.05) is 6.07 Å². The molecule has 0 aliphatic carbocycles. The van der Waals surface area contributed by atoms with E-state index in [0.717, 1.165) is 16.7 Å². The molecule has 1 aliphatic rings. The predicted octanol–water partition coefficient (Wildman–Crippen LogP) is 2.20. The first-order valence-corrected chi connectivity index (χ1v) is 8.27. The van der Waals surface area contributed by atoms with Crippen LogP contribution < -0.4 is 9.47 Å². The van der Waals surface area contributed by atoms with Gasteiger partial charge in [0.25, 0.3) is 11.1 Å². The first-order chi connectivity index (χ1) is 12.4. The molecule has 136 valence electrons. The van der Waals surface area contributed by atoms with E-state index < -0.39 is 23.2 Å². The largest absolute Gasteiger partial charge is 0.493 e. The maximum absolute atomic E-state index is 12.5. The predicted molar refractivity (Wildman–Crippen MR) is 93.4 cm³/mol. The first kappa shape index (κ1) is 19.3. The molecule has 0 bridgehead atoms. The summed E-state index contributed by atoms with van der Waals surface area (Å²) in [5.41, 5.74) is 0.599. The number of nitrogens with zero attached hydrogens (tertiary/aromatic N) is 2. The fraction of sp³-hybridized carbons (Fsp3) is 0.294. The zero-order chi connectivity index (χ0) is 19.3. The highest BCUT2D eigenvalue weighted by Gasteiger charge is 2.41. The number of carbonyl (C=O) groups excluding carboxylic acids is 3. The van der Waals surface area contributed by atoms with Crippen LogP contribution in [0.15, 0.2) is 23.1 Å². The van der Waals surface area contributed by atoms with Gasteiger partial charge in [-0.2, -0.15) is 5.26 Å². The zero-order valence-corrected chi connectivity index (χ0v) is 15.2.